The number of aromatic amines is 1. The molecule has 0 unspecified atom stereocenters. The number of halogens is 1. The van der Waals surface area contributed by atoms with E-state index in [-0.39, 0.29) is 17.6 Å². The van der Waals surface area contributed by atoms with Crippen LogP contribution in [-0.4, -0.2) is 27.6 Å². The fraction of sp³-hybridized carbons (Fsp3) is 0.125. The van der Waals surface area contributed by atoms with E-state index < -0.39 is 0 Å². The van der Waals surface area contributed by atoms with Gasteiger partial charge in [0.2, 0.25) is 0 Å². The van der Waals surface area contributed by atoms with Crippen LogP contribution in [-0.2, 0) is 4.79 Å². The molecule has 1 aromatic heterocycles. The number of anilines is 1. The molecule has 162 valence electrons. The Labute approximate surface area is 196 Å². The molecule has 4 rings (SSSR count). The van der Waals surface area contributed by atoms with Crippen LogP contribution in [0.15, 0.2) is 60.7 Å². The number of aromatic nitrogens is 2. The van der Waals surface area contributed by atoms with E-state index >= 15 is 0 Å². The van der Waals surface area contributed by atoms with E-state index in [9.17, 15) is 4.79 Å². The first-order valence-corrected chi connectivity index (χ1v) is 10.7. The number of thiocarbonyl (C=S) groups is 1. The van der Waals surface area contributed by atoms with E-state index in [1.165, 1.54) is 0 Å². The van der Waals surface area contributed by atoms with E-state index in [2.05, 4.69) is 20.6 Å². The Morgan fingerprint density at radius 3 is 2.69 bits per heavy atom. The van der Waals surface area contributed by atoms with Gasteiger partial charge in [-0.15, -0.1) is 0 Å². The highest BCUT2D eigenvalue weighted by Crippen LogP contribution is 2.26. The average Bonchev–Trinajstić information content (AvgIpc) is 3.16. The molecule has 1 heterocycles. The highest BCUT2D eigenvalue weighted by atomic mass is 35.5. The van der Waals surface area contributed by atoms with Gasteiger partial charge in [-0.1, -0.05) is 41.4 Å². The Kier molecular flexibility index (Phi) is 6.39. The van der Waals surface area contributed by atoms with Gasteiger partial charge in [0.05, 0.1) is 11.0 Å². The van der Waals surface area contributed by atoms with Crippen molar-refractivity contribution in [3.8, 4) is 17.1 Å². The zero-order valence-electron chi connectivity index (χ0n) is 17.5. The number of rotatable bonds is 5. The predicted molar refractivity (Wildman–Crippen MR) is 132 cm³/mol. The summed E-state index contributed by atoms with van der Waals surface area (Å²) in [5.41, 5.74) is 5.41. The Hall–Kier alpha value is -3.42. The van der Waals surface area contributed by atoms with Crippen LogP contribution in [0.3, 0.4) is 0 Å². The van der Waals surface area contributed by atoms with Crippen LogP contribution in [0.25, 0.3) is 22.4 Å². The number of carbonyl (C=O) groups excluding carboxylic acids is 1. The molecule has 32 heavy (non-hydrogen) atoms. The summed E-state index contributed by atoms with van der Waals surface area (Å²) in [5.74, 6) is 0.996. The number of nitrogens with zero attached hydrogens (tertiary/aromatic N) is 1. The highest BCUT2D eigenvalue weighted by molar-refractivity contribution is 7.80. The van der Waals surface area contributed by atoms with Crippen LogP contribution >= 0.6 is 23.8 Å². The third-order valence-electron chi connectivity index (χ3n) is 4.80. The lowest BCUT2D eigenvalue weighted by molar-refractivity contribution is -0.121. The van der Waals surface area contributed by atoms with Crippen molar-refractivity contribution in [2.24, 2.45) is 0 Å². The maximum absolute atomic E-state index is 12.1. The van der Waals surface area contributed by atoms with Crippen molar-refractivity contribution >= 4 is 51.6 Å². The van der Waals surface area contributed by atoms with Gasteiger partial charge in [-0.25, -0.2) is 4.98 Å². The summed E-state index contributed by atoms with van der Waals surface area (Å²) in [7, 11) is 0. The Morgan fingerprint density at radius 2 is 1.91 bits per heavy atom. The second kappa shape index (κ2) is 9.38. The number of amides is 1. The number of imidazole rings is 1. The summed E-state index contributed by atoms with van der Waals surface area (Å²) in [5, 5.41) is 6.51. The molecule has 3 N–H and O–H groups in total. The topological polar surface area (TPSA) is 79.0 Å². The molecular formula is C24H21ClN4O2S. The standard InChI is InChI=1S/C24H21ClN4O2S/c1-14-6-8-18(9-7-14)31-13-22(30)29-24(32)26-17-5-3-4-16(11-17)23-27-20-10-15(2)19(25)12-21(20)28-23/h3-12H,13H2,1-2H3,(H,27,28)(H2,26,29,30,32). The number of aryl methyl sites for hydroxylation is 2. The number of ether oxygens (including phenoxy) is 1. The summed E-state index contributed by atoms with van der Waals surface area (Å²) in [6.45, 7) is 3.81. The number of fused-ring (bicyclic) bond motifs is 1. The second-order valence-electron chi connectivity index (χ2n) is 7.39. The van der Waals surface area contributed by atoms with Crippen molar-refractivity contribution in [1.29, 1.82) is 0 Å². The van der Waals surface area contributed by atoms with Crippen molar-refractivity contribution in [1.82, 2.24) is 15.3 Å². The number of H-pyrrole nitrogens is 1. The van der Waals surface area contributed by atoms with Crippen molar-refractivity contribution < 1.29 is 9.53 Å². The molecule has 0 fully saturated rings. The highest BCUT2D eigenvalue weighted by Gasteiger charge is 2.10. The molecule has 0 saturated carbocycles. The molecule has 3 aromatic carbocycles. The summed E-state index contributed by atoms with van der Waals surface area (Å²) in [6.07, 6.45) is 0. The van der Waals surface area contributed by atoms with E-state index in [1.807, 2.05) is 74.5 Å². The molecule has 0 saturated heterocycles. The van der Waals surface area contributed by atoms with Gasteiger partial charge in [-0.2, -0.15) is 0 Å². The maximum Gasteiger partial charge on any atom is 0.264 e. The first-order chi connectivity index (χ1) is 15.4. The van der Waals surface area contributed by atoms with Crippen molar-refractivity contribution in [3.63, 3.8) is 0 Å². The van der Waals surface area contributed by atoms with Gasteiger partial charge < -0.3 is 15.0 Å². The van der Waals surface area contributed by atoms with Gasteiger partial charge in [-0.05, 0) is 68.0 Å². The molecule has 8 heteroatoms. The summed E-state index contributed by atoms with van der Waals surface area (Å²) >= 11 is 11.5. The normalized spacial score (nSPS) is 10.7. The number of hydrogen-bond acceptors (Lipinski definition) is 4. The molecule has 1 amide bonds. The third kappa shape index (κ3) is 5.25. The minimum atomic E-state index is -0.344. The summed E-state index contributed by atoms with van der Waals surface area (Å²) in [6, 6.07) is 18.9. The van der Waals surface area contributed by atoms with Crippen LogP contribution in [0.2, 0.25) is 5.02 Å². The molecule has 0 atom stereocenters. The van der Waals surface area contributed by atoms with Gasteiger partial charge in [0.1, 0.15) is 11.6 Å². The lowest BCUT2D eigenvalue weighted by Crippen LogP contribution is -2.37. The maximum atomic E-state index is 12.1. The van der Waals surface area contributed by atoms with E-state index in [1.54, 1.807) is 0 Å². The monoisotopic (exact) mass is 464 g/mol. The molecule has 0 aliphatic rings. The van der Waals surface area contributed by atoms with Crippen LogP contribution in [0.4, 0.5) is 5.69 Å². The van der Waals surface area contributed by atoms with Gasteiger partial charge in [0.25, 0.3) is 5.91 Å². The molecular weight excluding hydrogens is 444 g/mol. The largest absolute Gasteiger partial charge is 0.484 e. The van der Waals surface area contributed by atoms with Crippen LogP contribution in [0.1, 0.15) is 11.1 Å². The predicted octanol–water partition coefficient (Wildman–Crippen LogP) is 5.39. The molecule has 0 bridgehead atoms. The van der Waals surface area contributed by atoms with Crippen molar-refractivity contribution in [2.75, 3.05) is 11.9 Å². The molecule has 0 aliphatic heterocycles. The average molecular weight is 465 g/mol. The number of benzene rings is 3. The Morgan fingerprint density at radius 1 is 1.12 bits per heavy atom. The zero-order valence-corrected chi connectivity index (χ0v) is 19.1. The summed E-state index contributed by atoms with van der Waals surface area (Å²) < 4.78 is 5.48. The van der Waals surface area contributed by atoms with Crippen LogP contribution < -0.4 is 15.4 Å². The van der Waals surface area contributed by atoms with E-state index in [4.69, 9.17) is 28.6 Å². The first kappa shape index (κ1) is 21.8. The molecule has 6 nitrogen and oxygen atoms in total. The lowest BCUT2D eigenvalue weighted by atomic mass is 10.2. The second-order valence-corrected chi connectivity index (χ2v) is 8.20. The zero-order chi connectivity index (χ0) is 22.7. The molecule has 0 spiro atoms. The third-order valence-corrected chi connectivity index (χ3v) is 5.41. The SMILES string of the molecule is Cc1ccc(OCC(=O)NC(=S)Nc2cccc(-c3nc4cc(Cl)c(C)cc4[nH]3)c2)cc1. The fourth-order valence-electron chi connectivity index (χ4n) is 3.13. The first-order valence-electron chi connectivity index (χ1n) is 9.94. The van der Waals surface area contributed by atoms with Gasteiger partial charge in [0.15, 0.2) is 11.7 Å². The van der Waals surface area contributed by atoms with Gasteiger partial charge in [-0.3, -0.25) is 10.1 Å². The van der Waals surface area contributed by atoms with E-state index in [0.717, 1.165) is 33.4 Å². The Bertz CT molecular complexity index is 1260. The minimum Gasteiger partial charge on any atom is -0.484 e. The lowest BCUT2D eigenvalue weighted by Gasteiger charge is -2.11. The van der Waals surface area contributed by atoms with Gasteiger partial charge in [0, 0.05) is 16.3 Å². The van der Waals surface area contributed by atoms with Gasteiger partial charge >= 0.3 is 0 Å². The quantitative estimate of drug-likeness (QED) is 0.345. The molecule has 4 aromatic rings. The van der Waals surface area contributed by atoms with Crippen LogP contribution in [0, 0.1) is 13.8 Å². The van der Waals surface area contributed by atoms with Crippen molar-refractivity contribution in [2.45, 2.75) is 13.8 Å². The number of hydrogen-bond donors (Lipinski definition) is 3. The Balaban J connectivity index is 1.38. The molecule has 0 radical (unpaired) electrons. The van der Waals surface area contributed by atoms with Crippen molar-refractivity contribution in [3.05, 3.63) is 76.8 Å². The smallest absolute Gasteiger partial charge is 0.264 e. The van der Waals surface area contributed by atoms with E-state index in [0.29, 0.717) is 16.6 Å². The minimum absolute atomic E-state index is 0.133. The number of nitrogens with one attached hydrogen (secondary N) is 3. The molecule has 0 aliphatic carbocycles. The summed E-state index contributed by atoms with van der Waals surface area (Å²) in [4.78, 5) is 20.1. The fourth-order valence-corrected chi connectivity index (χ4v) is 3.52. The number of carbonyl (C=O) groups is 1. The van der Waals surface area contributed by atoms with Crippen LogP contribution in [0.5, 0.6) is 5.75 Å².